The highest BCUT2D eigenvalue weighted by Gasteiger charge is 2.06. The Labute approximate surface area is 89.7 Å². The first-order valence-corrected chi connectivity index (χ1v) is 4.97. The van der Waals surface area contributed by atoms with Crippen LogP contribution in [0.5, 0.6) is 11.5 Å². The fraction of sp³-hybridized carbons (Fsp3) is 0.417. The second-order valence-electron chi connectivity index (χ2n) is 3.72. The minimum absolute atomic E-state index is 0.147. The van der Waals surface area contributed by atoms with Gasteiger partial charge in [-0.25, -0.2) is 0 Å². The Hall–Kier alpha value is -1.51. The molecule has 0 radical (unpaired) electrons. The summed E-state index contributed by atoms with van der Waals surface area (Å²) in [6, 6.07) is 5.32. The number of phenols is 1. The lowest BCUT2D eigenvalue weighted by Crippen LogP contribution is -2.00. The van der Waals surface area contributed by atoms with Crippen molar-refractivity contribution in [3.63, 3.8) is 0 Å². The molecule has 82 valence electrons. The van der Waals surface area contributed by atoms with E-state index in [-0.39, 0.29) is 5.75 Å². The predicted molar refractivity (Wildman–Crippen MR) is 58.2 cm³/mol. The van der Waals surface area contributed by atoms with Crippen molar-refractivity contribution >= 4 is 6.29 Å². The summed E-state index contributed by atoms with van der Waals surface area (Å²) in [5.41, 5.74) is 1.02. The van der Waals surface area contributed by atoms with E-state index in [0.717, 1.165) is 18.3 Å². The fourth-order valence-electron chi connectivity index (χ4n) is 1.51. The van der Waals surface area contributed by atoms with Crippen LogP contribution in [0.3, 0.4) is 0 Å². The quantitative estimate of drug-likeness (QED) is 0.754. The third kappa shape index (κ3) is 3.27. The Morgan fingerprint density at radius 3 is 2.80 bits per heavy atom. The summed E-state index contributed by atoms with van der Waals surface area (Å²) in [4.78, 5) is 10.3. The first-order chi connectivity index (χ1) is 7.17. The van der Waals surface area contributed by atoms with Gasteiger partial charge in [-0.15, -0.1) is 0 Å². The predicted octanol–water partition coefficient (Wildman–Crippen LogP) is 2.17. The number of hydrogen-bond acceptors (Lipinski definition) is 3. The van der Waals surface area contributed by atoms with E-state index in [2.05, 4.69) is 0 Å². The van der Waals surface area contributed by atoms with Gasteiger partial charge in [0.1, 0.15) is 6.29 Å². The molecule has 0 bridgehead atoms. The highest BCUT2D eigenvalue weighted by Crippen LogP contribution is 2.27. The Bertz CT molecular complexity index is 334. The first-order valence-electron chi connectivity index (χ1n) is 4.97. The third-order valence-corrected chi connectivity index (χ3v) is 2.33. The van der Waals surface area contributed by atoms with Crippen LogP contribution in [0.2, 0.25) is 0 Å². The van der Waals surface area contributed by atoms with Crippen LogP contribution in [0.1, 0.15) is 18.9 Å². The van der Waals surface area contributed by atoms with Crippen molar-refractivity contribution in [1.82, 2.24) is 0 Å². The van der Waals surface area contributed by atoms with Crippen molar-refractivity contribution in [3.05, 3.63) is 23.8 Å². The molecule has 0 aliphatic rings. The van der Waals surface area contributed by atoms with Crippen molar-refractivity contribution in [2.75, 3.05) is 7.11 Å². The van der Waals surface area contributed by atoms with Gasteiger partial charge < -0.3 is 14.6 Å². The SMILES string of the molecule is COc1ccc(CC(C)CC=O)cc1O. The topological polar surface area (TPSA) is 46.5 Å². The monoisotopic (exact) mass is 208 g/mol. The number of hydrogen-bond donors (Lipinski definition) is 1. The summed E-state index contributed by atoms with van der Waals surface area (Å²) in [6.07, 6.45) is 2.26. The second-order valence-corrected chi connectivity index (χ2v) is 3.72. The molecule has 1 rings (SSSR count). The van der Waals surface area contributed by atoms with Gasteiger partial charge in [0, 0.05) is 6.42 Å². The summed E-state index contributed by atoms with van der Waals surface area (Å²) < 4.78 is 4.95. The molecular formula is C12H16O3. The molecule has 0 heterocycles. The zero-order chi connectivity index (χ0) is 11.3. The van der Waals surface area contributed by atoms with Gasteiger partial charge in [0.05, 0.1) is 7.11 Å². The summed E-state index contributed by atoms with van der Waals surface area (Å²) in [6.45, 7) is 2.01. The van der Waals surface area contributed by atoms with Gasteiger partial charge in [0.2, 0.25) is 0 Å². The maximum absolute atomic E-state index is 10.3. The number of carbonyl (C=O) groups is 1. The van der Waals surface area contributed by atoms with Gasteiger partial charge in [-0.3, -0.25) is 0 Å². The molecule has 1 N–H and O–H groups in total. The largest absolute Gasteiger partial charge is 0.504 e. The van der Waals surface area contributed by atoms with Crippen LogP contribution in [-0.2, 0) is 11.2 Å². The molecule has 0 amide bonds. The third-order valence-electron chi connectivity index (χ3n) is 2.33. The zero-order valence-corrected chi connectivity index (χ0v) is 9.06. The van der Waals surface area contributed by atoms with E-state index in [1.807, 2.05) is 13.0 Å². The molecule has 0 aliphatic carbocycles. The lowest BCUT2D eigenvalue weighted by molar-refractivity contribution is -0.108. The number of methoxy groups -OCH3 is 1. The first kappa shape index (κ1) is 11.6. The molecule has 0 aliphatic heterocycles. The number of ether oxygens (including phenoxy) is 1. The molecule has 1 unspecified atom stereocenters. The fourth-order valence-corrected chi connectivity index (χ4v) is 1.51. The van der Waals surface area contributed by atoms with E-state index < -0.39 is 0 Å². The van der Waals surface area contributed by atoms with Crippen LogP contribution < -0.4 is 4.74 Å². The van der Waals surface area contributed by atoms with E-state index in [9.17, 15) is 9.90 Å². The average Bonchev–Trinajstić information content (AvgIpc) is 2.18. The van der Waals surface area contributed by atoms with Crippen LogP contribution in [0.25, 0.3) is 0 Å². The summed E-state index contributed by atoms with van der Waals surface area (Å²) in [7, 11) is 1.52. The van der Waals surface area contributed by atoms with Crippen molar-refractivity contribution in [3.8, 4) is 11.5 Å². The van der Waals surface area contributed by atoms with E-state index >= 15 is 0 Å². The standard InChI is InChI=1S/C12H16O3/c1-9(5-6-13)7-10-3-4-12(15-2)11(14)8-10/h3-4,6,8-9,14H,5,7H2,1-2H3. The van der Waals surface area contributed by atoms with E-state index in [1.165, 1.54) is 7.11 Å². The smallest absolute Gasteiger partial charge is 0.160 e. The Morgan fingerprint density at radius 1 is 1.53 bits per heavy atom. The number of carbonyl (C=O) groups excluding carboxylic acids is 1. The van der Waals surface area contributed by atoms with Gasteiger partial charge in [-0.1, -0.05) is 13.0 Å². The van der Waals surface area contributed by atoms with Crippen LogP contribution >= 0.6 is 0 Å². The molecule has 1 aromatic rings. The van der Waals surface area contributed by atoms with Crippen molar-refractivity contribution in [2.24, 2.45) is 5.92 Å². The van der Waals surface area contributed by atoms with Gasteiger partial charge in [0.25, 0.3) is 0 Å². The van der Waals surface area contributed by atoms with Gasteiger partial charge in [-0.05, 0) is 30.0 Å². The highest BCUT2D eigenvalue weighted by molar-refractivity contribution is 5.50. The summed E-state index contributed by atoms with van der Waals surface area (Å²) in [5, 5.41) is 9.54. The van der Waals surface area contributed by atoms with E-state index in [0.29, 0.717) is 18.1 Å². The van der Waals surface area contributed by atoms with Crippen LogP contribution in [-0.4, -0.2) is 18.5 Å². The Kier molecular flexibility index (Phi) is 4.16. The van der Waals surface area contributed by atoms with E-state index in [1.54, 1.807) is 12.1 Å². The number of phenolic OH excluding ortho intramolecular Hbond substituents is 1. The van der Waals surface area contributed by atoms with Crippen LogP contribution in [0, 0.1) is 5.92 Å². The molecule has 1 atom stereocenters. The van der Waals surface area contributed by atoms with Gasteiger partial charge in [-0.2, -0.15) is 0 Å². The zero-order valence-electron chi connectivity index (χ0n) is 9.06. The molecule has 3 nitrogen and oxygen atoms in total. The molecule has 0 saturated heterocycles. The Balaban J connectivity index is 2.70. The molecule has 15 heavy (non-hydrogen) atoms. The van der Waals surface area contributed by atoms with Crippen molar-refractivity contribution in [1.29, 1.82) is 0 Å². The average molecular weight is 208 g/mol. The maximum atomic E-state index is 10.3. The molecule has 3 heteroatoms. The molecular weight excluding hydrogens is 192 g/mol. The van der Waals surface area contributed by atoms with E-state index in [4.69, 9.17) is 4.74 Å². The second kappa shape index (κ2) is 5.39. The maximum Gasteiger partial charge on any atom is 0.160 e. The minimum atomic E-state index is 0.147. The molecule has 0 spiro atoms. The van der Waals surface area contributed by atoms with Crippen LogP contribution in [0.4, 0.5) is 0 Å². The number of benzene rings is 1. The van der Waals surface area contributed by atoms with Crippen molar-refractivity contribution in [2.45, 2.75) is 19.8 Å². The number of rotatable bonds is 5. The minimum Gasteiger partial charge on any atom is -0.504 e. The lowest BCUT2D eigenvalue weighted by atomic mass is 9.98. The highest BCUT2D eigenvalue weighted by atomic mass is 16.5. The van der Waals surface area contributed by atoms with Gasteiger partial charge >= 0.3 is 0 Å². The normalized spacial score (nSPS) is 12.1. The Morgan fingerprint density at radius 2 is 2.27 bits per heavy atom. The van der Waals surface area contributed by atoms with Crippen molar-refractivity contribution < 1.29 is 14.6 Å². The summed E-state index contributed by atoms with van der Waals surface area (Å²) in [5.74, 6) is 0.922. The lowest BCUT2D eigenvalue weighted by Gasteiger charge is -2.09. The van der Waals surface area contributed by atoms with Crippen LogP contribution in [0.15, 0.2) is 18.2 Å². The van der Waals surface area contributed by atoms with Gasteiger partial charge in [0.15, 0.2) is 11.5 Å². The molecule has 0 saturated carbocycles. The molecule has 0 fully saturated rings. The molecule has 1 aromatic carbocycles. The number of aldehydes is 1. The summed E-state index contributed by atoms with van der Waals surface area (Å²) >= 11 is 0. The molecule has 0 aromatic heterocycles. The number of aromatic hydroxyl groups is 1.